The monoisotopic (exact) mass is 413 g/mol. The number of sulfone groups is 1. The van der Waals surface area contributed by atoms with Gasteiger partial charge in [-0.15, -0.1) is 11.8 Å². The van der Waals surface area contributed by atoms with Crippen LogP contribution in [0.3, 0.4) is 0 Å². The maximum absolute atomic E-state index is 12.5. The van der Waals surface area contributed by atoms with E-state index in [1.165, 1.54) is 11.8 Å². The second-order valence-electron chi connectivity index (χ2n) is 6.71. The van der Waals surface area contributed by atoms with Crippen molar-refractivity contribution in [3.8, 4) is 5.75 Å². The Hall–Kier alpha value is -1.74. The van der Waals surface area contributed by atoms with Gasteiger partial charge in [0.15, 0.2) is 16.4 Å². The number of methoxy groups -OCH3 is 1. The lowest BCUT2D eigenvalue weighted by molar-refractivity contribution is -0.151. The minimum absolute atomic E-state index is 0.0104. The van der Waals surface area contributed by atoms with E-state index in [-0.39, 0.29) is 41.9 Å². The van der Waals surface area contributed by atoms with Crippen molar-refractivity contribution in [3.05, 3.63) is 24.3 Å². The number of amides is 1. The SMILES string of the molecule is COc1ccc(SCC(=O)OCC(=O)N(C2CC2)[C@@H]2CCS(=O)(=O)C2)cc1. The Balaban J connectivity index is 1.46. The molecule has 0 spiro atoms. The van der Waals surface area contributed by atoms with Crippen LogP contribution < -0.4 is 4.74 Å². The molecule has 1 saturated carbocycles. The lowest BCUT2D eigenvalue weighted by Gasteiger charge is -2.28. The second-order valence-corrected chi connectivity index (χ2v) is 9.99. The molecule has 1 amide bonds. The number of hydrogen-bond acceptors (Lipinski definition) is 7. The Morgan fingerprint density at radius 1 is 1.15 bits per heavy atom. The number of rotatable bonds is 8. The fraction of sp³-hybridized carbons (Fsp3) is 0.556. The molecule has 1 heterocycles. The minimum atomic E-state index is -3.07. The number of benzene rings is 1. The van der Waals surface area contributed by atoms with E-state index < -0.39 is 15.8 Å². The first-order chi connectivity index (χ1) is 12.9. The van der Waals surface area contributed by atoms with Gasteiger partial charge in [-0.05, 0) is 43.5 Å². The molecule has 9 heteroatoms. The summed E-state index contributed by atoms with van der Waals surface area (Å²) >= 11 is 1.32. The molecule has 2 aliphatic rings. The Labute approximate surface area is 163 Å². The summed E-state index contributed by atoms with van der Waals surface area (Å²) in [6, 6.07) is 7.10. The van der Waals surface area contributed by atoms with Crippen LogP contribution in [0, 0.1) is 0 Å². The van der Waals surface area contributed by atoms with Crippen molar-refractivity contribution in [1.29, 1.82) is 0 Å². The Morgan fingerprint density at radius 3 is 2.41 bits per heavy atom. The van der Waals surface area contributed by atoms with E-state index in [2.05, 4.69) is 0 Å². The van der Waals surface area contributed by atoms with Crippen LogP contribution in [0.1, 0.15) is 19.3 Å². The molecule has 0 aromatic heterocycles. The third-order valence-corrected chi connectivity index (χ3v) is 7.34. The quantitative estimate of drug-likeness (QED) is 0.471. The normalized spacial score (nSPS) is 20.9. The largest absolute Gasteiger partial charge is 0.497 e. The molecule has 1 saturated heterocycles. The van der Waals surface area contributed by atoms with Crippen LogP contribution in [0.2, 0.25) is 0 Å². The van der Waals surface area contributed by atoms with E-state index in [1.807, 2.05) is 12.1 Å². The highest BCUT2D eigenvalue weighted by Crippen LogP contribution is 2.32. The molecule has 0 bridgehead atoms. The van der Waals surface area contributed by atoms with Gasteiger partial charge in [0.2, 0.25) is 0 Å². The second kappa shape index (κ2) is 8.52. The first-order valence-corrected chi connectivity index (χ1v) is 11.6. The lowest BCUT2D eigenvalue weighted by atomic mass is 10.2. The zero-order valence-corrected chi connectivity index (χ0v) is 16.8. The highest BCUT2D eigenvalue weighted by Gasteiger charge is 2.42. The summed E-state index contributed by atoms with van der Waals surface area (Å²) < 4.78 is 33.6. The lowest BCUT2D eigenvalue weighted by Crippen LogP contribution is -2.44. The van der Waals surface area contributed by atoms with Crippen molar-refractivity contribution < 1.29 is 27.5 Å². The zero-order chi connectivity index (χ0) is 19.4. The fourth-order valence-electron chi connectivity index (χ4n) is 3.13. The van der Waals surface area contributed by atoms with Gasteiger partial charge in [-0.2, -0.15) is 0 Å². The van der Waals surface area contributed by atoms with Gasteiger partial charge < -0.3 is 14.4 Å². The predicted octanol–water partition coefficient (Wildman–Crippen LogP) is 1.51. The van der Waals surface area contributed by atoms with Crippen LogP contribution in [0.4, 0.5) is 0 Å². The van der Waals surface area contributed by atoms with Crippen LogP contribution in [0.15, 0.2) is 29.2 Å². The summed E-state index contributed by atoms with van der Waals surface area (Å²) in [5.74, 6) is 0.187. The molecule has 7 nitrogen and oxygen atoms in total. The minimum Gasteiger partial charge on any atom is -0.497 e. The Bertz CT molecular complexity index is 789. The molecule has 1 aliphatic carbocycles. The summed E-state index contributed by atoms with van der Waals surface area (Å²) in [4.78, 5) is 27.0. The summed E-state index contributed by atoms with van der Waals surface area (Å²) in [7, 11) is -1.48. The number of nitrogens with zero attached hydrogens (tertiary/aromatic N) is 1. The summed E-state index contributed by atoms with van der Waals surface area (Å²) in [6.07, 6.45) is 2.22. The van der Waals surface area contributed by atoms with Gasteiger partial charge in [-0.1, -0.05) is 0 Å². The fourth-order valence-corrected chi connectivity index (χ4v) is 5.53. The molecule has 1 aliphatic heterocycles. The molecule has 148 valence electrons. The number of esters is 1. The summed E-state index contributed by atoms with van der Waals surface area (Å²) in [6.45, 7) is -0.338. The molecule has 1 aromatic rings. The number of hydrogen-bond donors (Lipinski definition) is 0. The zero-order valence-electron chi connectivity index (χ0n) is 15.1. The highest BCUT2D eigenvalue weighted by molar-refractivity contribution is 8.00. The molecule has 3 rings (SSSR count). The van der Waals surface area contributed by atoms with Crippen molar-refractivity contribution in [2.24, 2.45) is 0 Å². The van der Waals surface area contributed by atoms with Crippen molar-refractivity contribution in [2.75, 3.05) is 31.0 Å². The molecule has 1 atom stereocenters. The standard InChI is InChI=1S/C18H23NO6S2/c1-24-15-4-6-16(7-5-15)26-11-18(21)25-10-17(20)19(13-2-3-13)14-8-9-27(22,23)12-14/h4-7,13-14H,2-3,8-12H2,1H3/t14-/m1/s1. The summed E-state index contributed by atoms with van der Waals surface area (Å²) in [5, 5.41) is 0. The van der Waals surface area contributed by atoms with E-state index in [0.29, 0.717) is 6.42 Å². The van der Waals surface area contributed by atoms with Crippen LogP contribution in [0.5, 0.6) is 5.75 Å². The van der Waals surface area contributed by atoms with Crippen LogP contribution in [0.25, 0.3) is 0 Å². The third-order valence-electron chi connectivity index (χ3n) is 4.60. The smallest absolute Gasteiger partial charge is 0.316 e. The van der Waals surface area contributed by atoms with E-state index in [0.717, 1.165) is 23.5 Å². The molecule has 1 aromatic carbocycles. The van der Waals surface area contributed by atoms with Crippen LogP contribution >= 0.6 is 11.8 Å². The average molecular weight is 414 g/mol. The van der Waals surface area contributed by atoms with E-state index >= 15 is 0 Å². The van der Waals surface area contributed by atoms with E-state index in [4.69, 9.17) is 9.47 Å². The van der Waals surface area contributed by atoms with Crippen LogP contribution in [-0.4, -0.2) is 68.3 Å². The van der Waals surface area contributed by atoms with E-state index in [1.54, 1.807) is 24.1 Å². The molecular formula is C18H23NO6S2. The molecule has 27 heavy (non-hydrogen) atoms. The van der Waals surface area contributed by atoms with Crippen LogP contribution in [-0.2, 0) is 24.2 Å². The van der Waals surface area contributed by atoms with Gasteiger partial charge in [0.1, 0.15) is 5.75 Å². The first kappa shape index (κ1) is 20.0. The third kappa shape index (κ3) is 5.62. The molecule has 0 unspecified atom stereocenters. The first-order valence-electron chi connectivity index (χ1n) is 8.82. The van der Waals surface area contributed by atoms with Crippen molar-refractivity contribution in [2.45, 2.75) is 36.2 Å². The Morgan fingerprint density at radius 2 is 1.85 bits per heavy atom. The number of thioether (sulfide) groups is 1. The van der Waals surface area contributed by atoms with Crippen molar-refractivity contribution in [1.82, 2.24) is 4.90 Å². The van der Waals surface area contributed by atoms with Gasteiger partial charge in [0, 0.05) is 17.0 Å². The predicted molar refractivity (Wildman–Crippen MR) is 102 cm³/mol. The summed E-state index contributed by atoms with van der Waals surface area (Å²) in [5.41, 5.74) is 0. The number of carbonyl (C=O) groups excluding carboxylic acids is 2. The highest BCUT2D eigenvalue weighted by atomic mass is 32.2. The topological polar surface area (TPSA) is 90.0 Å². The molecule has 0 N–H and O–H groups in total. The maximum Gasteiger partial charge on any atom is 0.316 e. The average Bonchev–Trinajstić information content (AvgIpc) is 3.41. The molecule has 2 fully saturated rings. The van der Waals surface area contributed by atoms with Crippen molar-refractivity contribution >= 4 is 33.5 Å². The van der Waals surface area contributed by atoms with Gasteiger partial charge in [-0.3, -0.25) is 9.59 Å². The maximum atomic E-state index is 12.5. The Kier molecular flexibility index (Phi) is 6.31. The van der Waals surface area contributed by atoms with Gasteiger partial charge >= 0.3 is 5.97 Å². The van der Waals surface area contributed by atoms with Gasteiger partial charge in [-0.25, -0.2) is 8.42 Å². The molecule has 0 radical (unpaired) electrons. The van der Waals surface area contributed by atoms with Crippen molar-refractivity contribution in [3.63, 3.8) is 0 Å². The van der Waals surface area contributed by atoms with E-state index in [9.17, 15) is 18.0 Å². The molecular weight excluding hydrogens is 390 g/mol. The number of carbonyl (C=O) groups is 2. The van der Waals surface area contributed by atoms with Gasteiger partial charge in [0.05, 0.1) is 24.4 Å². The number of ether oxygens (including phenoxy) is 2. The van der Waals surface area contributed by atoms with Gasteiger partial charge in [0.25, 0.3) is 5.91 Å².